The van der Waals surface area contributed by atoms with E-state index in [2.05, 4.69) is 0 Å². The molecule has 0 saturated heterocycles. The van der Waals surface area contributed by atoms with Gasteiger partial charge in [-0.3, -0.25) is 4.18 Å². The van der Waals surface area contributed by atoms with E-state index < -0.39 is 16.2 Å². The SMILES string of the molecule is CCOC(=O)c1cc(C)c(CCC(CO)OS(C)(=O)=O)s1. The fourth-order valence-electron chi connectivity index (χ4n) is 1.78. The average Bonchev–Trinajstić information content (AvgIpc) is 2.75. The van der Waals surface area contributed by atoms with Gasteiger partial charge in [0.25, 0.3) is 10.1 Å². The summed E-state index contributed by atoms with van der Waals surface area (Å²) in [4.78, 5) is 13.1. The number of carbonyl (C=O) groups is 1. The Labute approximate surface area is 128 Å². The minimum atomic E-state index is -3.60. The van der Waals surface area contributed by atoms with Crippen molar-refractivity contribution in [3.05, 3.63) is 21.4 Å². The predicted molar refractivity (Wildman–Crippen MR) is 80.1 cm³/mol. The lowest BCUT2D eigenvalue weighted by Gasteiger charge is -2.12. The van der Waals surface area contributed by atoms with E-state index in [1.165, 1.54) is 11.3 Å². The minimum absolute atomic E-state index is 0.319. The van der Waals surface area contributed by atoms with Crippen LogP contribution in [0.2, 0.25) is 0 Å². The molecule has 1 atom stereocenters. The van der Waals surface area contributed by atoms with E-state index in [1.807, 2.05) is 6.92 Å². The van der Waals surface area contributed by atoms with Gasteiger partial charge in [-0.15, -0.1) is 11.3 Å². The molecule has 1 aromatic rings. The number of carbonyl (C=O) groups excluding carboxylic acids is 1. The third-order valence-corrected chi connectivity index (χ3v) is 4.60. The van der Waals surface area contributed by atoms with Crippen LogP contribution in [0.1, 0.15) is 33.5 Å². The van der Waals surface area contributed by atoms with Crippen molar-refractivity contribution < 1.29 is 27.2 Å². The first kappa shape index (κ1) is 18.1. The lowest BCUT2D eigenvalue weighted by atomic mass is 10.1. The van der Waals surface area contributed by atoms with Crippen LogP contribution in [0.3, 0.4) is 0 Å². The summed E-state index contributed by atoms with van der Waals surface area (Å²) < 4.78 is 31.8. The second-order valence-corrected chi connectivity index (χ2v) is 7.32. The first-order valence-corrected chi connectivity index (χ1v) is 9.15. The molecule has 6 nitrogen and oxygen atoms in total. The van der Waals surface area contributed by atoms with Gasteiger partial charge < -0.3 is 9.84 Å². The average molecular weight is 336 g/mol. The Kier molecular flexibility index (Phi) is 6.79. The van der Waals surface area contributed by atoms with Gasteiger partial charge >= 0.3 is 5.97 Å². The monoisotopic (exact) mass is 336 g/mol. The number of rotatable bonds is 8. The number of thiophene rings is 1. The molecule has 0 saturated carbocycles. The topological polar surface area (TPSA) is 89.9 Å². The molecule has 1 unspecified atom stereocenters. The summed E-state index contributed by atoms with van der Waals surface area (Å²) in [5.74, 6) is -0.358. The summed E-state index contributed by atoms with van der Waals surface area (Å²) in [7, 11) is -3.60. The highest BCUT2D eigenvalue weighted by molar-refractivity contribution is 7.86. The van der Waals surface area contributed by atoms with Crippen molar-refractivity contribution in [2.75, 3.05) is 19.5 Å². The molecule has 1 N–H and O–H groups in total. The van der Waals surface area contributed by atoms with E-state index in [4.69, 9.17) is 14.0 Å². The molecule has 0 fully saturated rings. The highest BCUT2D eigenvalue weighted by atomic mass is 32.2. The Morgan fingerprint density at radius 3 is 2.67 bits per heavy atom. The Balaban J connectivity index is 2.68. The normalized spacial score (nSPS) is 13.1. The van der Waals surface area contributed by atoms with Gasteiger partial charge in [-0.05, 0) is 38.3 Å². The third kappa shape index (κ3) is 6.13. The maximum Gasteiger partial charge on any atom is 0.348 e. The molecule has 0 aromatic carbocycles. The summed E-state index contributed by atoms with van der Waals surface area (Å²) in [6.45, 7) is 3.57. The summed E-state index contributed by atoms with van der Waals surface area (Å²) in [5.41, 5.74) is 0.944. The van der Waals surface area contributed by atoms with Crippen molar-refractivity contribution in [1.29, 1.82) is 0 Å². The molecule has 0 spiro atoms. The van der Waals surface area contributed by atoms with Gasteiger partial charge in [0.05, 0.1) is 19.5 Å². The van der Waals surface area contributed by atoms with Crippen LogP contribution in [0.15, 0.2) is 6.07 Å². The molecule has 0 radical (unpaired) electrons. The molecule has 0 amide bonds. The van der Waals surface area contributed by atoms with Gasteiger partial charge in [-0.25, -0.2) is 4.79 Å². The highest BCUT2D eigenvalue weighted by Crippen LogP contribution is 2.25. The lowest BCUT2D eigenvalue weighted by Crippen LogP contribution is -2.22. The van der Waals surface area contributed by atoms with Crippen LogP contribution >= 0.6 is 11.3 Å². The van der Waals surface area contributed by atoms with Crippen molar-refractivity contribution in [2.45, 2.75) is 32.8 Å². The standard InChI is InChI=1S/C13H20O6S2/c1-4-18-13(15)12-7-9(2)11(20-12)6-5-10(8-14)19-21(3,16)17/h7,10,14H,4-6,8H2,1-3H3. The Bertz CT molecular complexity index is 575. The Morgan fingerprint density at radius 1 is 1.48 bits per heavy atom. The van der Waals surface area contributed by atoms with Crippen LogP contribution in [-0.4, -0.2) is 45.1 Å². The molecule has 8 heteroatoms. The van der Waals surface area contributed by atoms with Crippen molar-refractivity contribution in [2.24, 2.45) is 0 Å². The van der Waals surface area contributed by atoms with E-state index in [-0.39, 0.29) is 12.6 Å². The van der Waals surface area contributed by atoms with Crippen molar-refractivity contribution in [1.82, 2.24) is 0 Å². The molecular formula is C13H20O6S2. The number of aliphatic hydroxyl groups is 1. The fourth-order valence-corrected chi connectivity index (χ4v) is 3.51. The van der Waals surface area contributed by atoms with Crippen LogP contribution in [0.25, 0.3) is 0 Å². The van der Waals surface area contributed by atoms with Gasteiger partial charge in [0.15, 0.2) is 0 Å². The third-order valence-electron chi connectivity index (χ3n) is 2.71. The summed E-state index contributed by atoms with van der Waals surface area (Å²) in [5, 5.41) is 9.14. The summed E-state index contributed by atoms with van der Waals surface area (Å²) in [6.07, 6.45) is 1.06. The first-order valence-electron chi connectivity index (χ1n) is 6.52. The molecule has 0 aliphatic carbocycles. The van der Waals surface area contributed by atoms with E-state index in [1.54, 1.807) is 13.0 Å². The number of esters is 1. The molecule has 21 heavy (non-hydrogen) atoms. The van der Waals surface area contributed by atoms with E-state index in [9.17, 15) is 13.2 Å². The molecule has 0 aliphatic rings. The zero-order valence-electron chi connectivity index (χ0n) is 12.3. The first-order chi connectivity index (χ1) is 9.76. The second kappa shape index (κ2) is 7.88. The number of hydrogen-bond acceptors (Lipinski definition) is 7. The maximum atomic E-state index is 11.6. The van der Waals surface area contributed by atoms with Gasteiger partial charge in [0.2, 0.25) is 0 Å². The molecule has 0 bridgehead atoms. The maximum absolute atomic E-state index is 11.6. The molecular weight excluding hydrogens is 316 g/mol. The van der Waals surface area contributed by atoms with E-state index in [0.29, 0.717) is 24.3 Å². The van der Waals surface area contributed by atoms with E-state index in [0.717, 1.165) is 16.7 Å². The number of ether oxygens (including phenoxy) is 1. The van der Waals surface area contributed by atoms with Crippen LogP contribution in [0.5, 0.6) is 0 Å². The van der Waals surface area contributed by atoms with Crippen LogP contribution in [0.4, 0.5) is 0 Å². The van der Waals surface area contributed by atoms with Crippen LogP contribution < -0.4 is 0 Å². The molecule has 120 valence electrons. The molecule has 1 rings (SSSR count). The largest absolute Gasteiger partial charge is 0.462 e. The second-order valence-electron chi connectivity index (χ2n) is 4.58. The van der Waals surface area contributed by atoms with Crippen LogP contribution in [-0.2, 0) is 25.5 Å². The zero-order chi connectivity index (χ0) is 16.0. The van der Waals surface area contributed by atoms with E-state index >= 15 is 0 Å². The highest BCUT2D eigenvalue weighted by Gasteiger charge is 2.17. The lowest BCUT2D eigenvalue weighted by molar-refractivity contribution is 0.0532. The molecule has 1 heterocycles. The van der Waals surface area contributed by atoms with Gasteiger partial charge in [0.1, 0.15) is 11.0 Å². The summed E-state index contributed by atoms with van der Waals surface area (Å²) in [6, 6.07) is 1.75. The van der Waals surface area contributed by atoms with Crippen molar-refractivity contribution in [3.63, 3.8) is 0 Å². The number of aryl methyl sites for hydroxylation is 2. The fraction of sp³-hybridized carbons (Fsp3) is 0.615. The van der Waals surface area contributed by atoms with Crippen LogP contribution in [0, 0.1) is 6.92 Å². The van der Waals surface area contributed by atoms with Gasteiger partial charge in [-0.1, -0.05) is 0 Å². The van der Waals surface area contributed by atoms with Crippen molar-refractivity contribution >= 4 is 27.4 Å². The molecule has 1 aromatic heterocycles. The Hall–Kier alpha value is -0.960. The quantitative estimate of drug-likeness (QED) is 0.571. The summed E-state index contributed by atoms with van der Waals surface area (Å²) >= 11 is 1.32. The smallest absolute Gasteiger partial charge is 0.348 e. The van der Waals surface area contributed by atoms with Gasteiger partial charge in [-0.2, -0.15) is 8.42 Å². The number of hydrogen-bond donors (Lipinski definition) is 1. The minimum Gasteiger partial charge on any atom is -0.462 e. The zero-order valence-corrected chi connectivity index (χ0v) is 13.9. The predicted octanol–water partition coefficient (Wildman–Crippen LogP) is 1.50. The van der Waals surface area contributed by atoms with Crippen molar-refractivity contribution in [3.8, 4) is 0 Å². The molecule has 0 aliphatic heterocycles. The Morgan fingerprint density at radius 2 is 2.14 bits per heavy atom. The number of aliphatic hydroxyl groups excluding tert-OH is 1. The van der Waals surface area contributed by atoms with Gasteiger partial charge in [0, 0.05) is 4.88 Å².